The fraction of sp³-hybridized carbons (Fsp3) is 0.588. The summed E-state index contributed by atoms with van der Waals surface area (Å²) in [6.07, 6.45) is 4.14. The first-order valence-corrected chi connectivity index (χ1v) is 7.99. The second kappa shape index (κ2) is 6.58. The van der Waals surface area contributed by atoms with Crippen LogP contribution in [0.5, 0.6) is 0 Å². The third-order valence-corrected chi connectivity index (χ3v) is 4.69. The van der Waals surface area contributed by atoms with E-state index in [-0.39, 0.29) is 12.5 Å². The van der Waals surface area contributed by atoms with Gasteiger partial charge in [0.1, 0.15) is 0 Å². The molecule has 3 rings (SSSR count). The molecule has 4 heteroatoms. The van der Waals surface area contributed by atoms with Gasteiger partial charge >= 0.3 is 0 Å². The molecule has 2 aliphatic heterocycles. The van der Waals surface area contributed by atoms with Gasteiger partial charge in [0.05, 0.1) is 6.54 Å². The van der Waals surface area contributed by atoms with Crippen LogP contribution in [0.1, 0.15) is 24.8 Å². The van der Waals surface area contributed by atoms with E-state index in [0.29, 0.717) is 12.5 Å². The minimum Gasteiger partial charge on any atom is -0.396 e. The summed E-state index contributed by atoms with van der Waals surface area (Å²) in [7, 11) is 0. The number of benzene rings is 1. The minimum absolute atomic E-state index is 0.213. The zero-order valence-corrected chi connectivity index (χ0v) is 12.5. The number of aliphatic hydroxyl groups excluding tert-OH is 1. The summed E-state index contributed by atoms with van der Waals surface area (Å²) in [6, 6.07) is 8.20. The van der Waals surface area contributed by atoms with E-state index in [9.17, 15) is 4.79 Å². The third kappa shape index (κ3) is 3.27. The van der Waals surface area contributed by atoms with Gasteiger partial charge in [0.2, 0.25) is 5.91 Å². The maximum atomic E-state index is 12.6. The molecule has 0 spiro atoms. The van der Waals surface area contributed by atoms with Gasteiger partial charge in [0, 0.05) is 25.4 Å². The molecule has 21 heavy (non-hydrogen) atoms. The second-order valence-electron chi connectivity index (χ2n) is 6.18. The van der Waals surface area contributed by atoms with Gasteiger partial charge in [-0.2, -0.15) is 0 Å². The summed E-state index contributed by atoms with van der Waals surface area (Å²) in [5, 5.41) is 9.07. The molecule has 1 aromatic carbocycles. The van der Waals surface area contributed by atoms with Gasteiger partial charge in [0.15, 0.2) is 0 Å². The van der Waals surface area contributed by atoms with Crippen molar-refractivity contribution in [2.75, 3.05) is 37.7 Å². The van der Waals surface area contributed by atoms with Crippen LogP contribution in [-0.4, -0.2) is 48.7 Å². The average Bonchev–Trinajstić information content (AvgIpc) is 2.92. The van der Waals surface area contributed by atoms with Crippen LogP contribution in [0.3, 0.4) is 0 Å². The lowest BCUT2D eigenvalue weighted by Crippen LogP contribution is -2.44. The predicted molar refractivity (Wildman–Crippen MR) is 83.4 cm³/mol. The Kier molecular flexibility index (Phi) is 4.56. The third-order valence-electron chi connectivity index (χ3n) is 4.69. The van der Waals surface area contributed by atoms with E-state index in [0.717, 1.165) is 44.6 Å². The van der Waals surface area contributed by atoms with E-state index in [1.807, 2.05) is 23.1 Å². The number of aliphatic hydroxyl groups is 1. The molecule has 1 atom stereocenters. The van der Waals surface area contributed by atoms with Crippen molar-refractivity contribution in [1.82, 2.24) is 4.90 Å². The Morgan fingerprint density at radius 1 is 1.29 bits per heavy atom. The zero-order valence-electron chi connectivity index (χ0n) is 12.5. The van der Waals surface area contributed by atoms with E-state index in [4.69, 9.17) is 5.11 Å². The van der Waals surface area contributed by atoms with Crippen LogP contribution in [0, 0.1) is 5.92 Å². The van der Waals surface area contributed by atoms with E-state index in [1.165, 1.54) is 12.0 Å². The monoisotopic (exact) mass is 288 g/mol. The lowest BCUT2D eigenvalue weighted by Gasteiger charge is -2.33. The summed E-state index contributed by atoms with van der Waals surface area (Å²) < 4.78 is 0. The number of hydrogen-bond acceptors (Lipinski definition) is 3. The highest BCUT2D eigenvalue weighted by atomic mass is 16.3. The molecule has 4 nitrogen and oxygen atoms in total. The lowest BCUT2D eigenvalue weighted by molar-refractivity contribution is -0.120. The number of anilines is 1. The van der Waals surface area contributed by atoms with E-state index < -0.39 is 0 Å². The molecule has 0 saturated carbocycles. The molecule has 1 fully saturated rings. The van der Waals surface area contributed by atoms with Crippen molar-refractivity contribution in [3.63, 3.8) is 0 Å². The number of carbonyl (C=O) groups is 1. The normalized spacial score (nSPS) is 22.3. The Morgan fingerprint density at radius 3 is 3.00 bits per heavy atom. The smallest absolute Gasteiger partial charge is 0.241 e. The fourth-order valence-corrected chi connectivity index (χ4v) is 3.59. The number of carbonyl (C=O) groups excluding carboxylic acids is 1. The molecule has 1 saturated heterocycles. The van der Waals surface area contributed by atoms with Crippen LogP contribution in [0.2, 0.25) is 0 Å². The van der Waals surface area contributed by atoms with Crippen LogP contribution >= 0.6 is 0 Å². The Labute approximate surface area is 126 Å². The van der Waals surface area contributed by atoms with Gasteiger partial charge in [-0.3, -0.25) is 9.69 Å². The Morgan fingerprint density at radius 2 is 2.14 bits per heavy atom. The summed E-state index contributed by atoms with van der Waals surface area (Å²) >= 11 is 0. The molecule has 2 aliphatic rings. The highest BCUT2D eigenvalue weighted by molar-refractivity contribution is 5.96. The van der Waals surface area contributed by atoms with Crippen LogP contribution in [-0.2, 0) is 11.2 Å². The number of nitrogens with zero attached hydrogens (tertiary/aromatic N) is 2. The number of likely N-dealkylation sites (tertiary alicyclic amines) is 1. The number of piperidine rings is 1. The van der Waals surface area contributed by atoms with Crippen molar-refractivity contribution in [2.24, 2.45) is 5.92 Å². The molecule has 0 radical (unpaired) electrons. The van der Waals surface area contributed by atoms with Gasteiger partial charge in [0.25, 0.3) is 0 Å². The lowest BCUT2D eigenvalue weighted by atomic mass is 9.95. The van der Waals surface area contributed by atoms with Crippen molar-refractivity contribution in [2.45, 2.75) is 25.7 Å². The maximum absolute atomic E-state index is 12.6. The highest BCUT2D eigenvalue weighted by Crippen LogP contribution is 2.28. The molecule has 1 unspecified atom stereocenters. The minimum atomic E-state index is 0.213. The summed E-state index contributed by atoms with van der Waals surface area (Å²) in [5.41, 5.74) is 2.37. The van der Waals surface area contributed by atoms with Gasteiger partial charge < -0.3 is 10.0 Å². The van der Waals surface area contributed by atoms with E-state index >= 15 is 0 Å². The SMILES string of the molecule is O=C(CN1CCCC(CCO)C1)N1CCc2ccccc21. The first-order chi connectivity index (χ1) is 10.3. The quantitative estimate of drug-likeness (QED) is 0.916. The van der Waals surface area contributed by atoms with E-state index in [1.54, 1.807) is 0 Å². The zero-order chi connectivity index (χ0) is 14.7. The van der Waals surface area contributed by atoms with Gasteiger partial charge in [-0.05, 0) is 49.8 Å². The summed E-state index contributed by atoms with van der Waals surface area (Å²) in [4.78, 5) is 16.8. The number of amides is 1. The number of para-hydroxylation sites is 1. The fourth-order valence-electron chi connectivity index (χ4n) is 3.59. The molecular formula is C17H24N2O2. The molecule has 2 heterocycles. The molecule has 114 valence electrons. The summed E-state index contributed by atoms with van der Waals surface area (Å²) in [5.74, 6) is 0.756. The number of rotatable bonds is 4. The van der Waals surface area contributed by atoms with Crippen molar-refractivity contribution in [3.05, 3.63) is 29.8 Å². The molecule has 1 N–H and O–H groups in total. The van der Waals surface area contributed by atoms with Gasteiger partial charge in [-0.15, -0.1) is 0 Å². The molecule has 0 aromatic heterocycles. The van der Waals surface area contributed by atoms with Crippen molar-refractivity contribution in [1.29, 1.82) is 0 Å². The molecule has 1 amide bonds. The Balaban J connectivity index is 1.60. The van der Waals surface area contributed by atoms with E-state index in [2.05, 4.69) is 11.0 Å². The largest absolute Gasteiger partial charge is 0.396 e. The van der Waals surface area contributed by atoms with Crippen LogP contribution < -0.4 is 4.90 Å². The summed E-state index contributed by atoms with van der Waals surface area (Å²) in [6.45, 7) is 3.53. The van der Waals surface area contributed by atoms with Crippen molar-refractivity contribution >= 4 is 11.6 Å². The van der Waals surface area contributed by atoms with Crippen molar-refractivity contribution in [3.8, 4) is 0 Å². The van der Waals surface area contributed by atoms with Gasteiger partial charge in [-0.1, -0.05) is 18.2 Å². The van der Waals surface area contributed by atoms with Crippen molar-refractivity contribution < 1.29 is 9.90 Å². The first kappa shape index (κ1) is 14.5. The van der Waals surface area contributed by atoms with Crippen LogP contribution in [0.15, 0.2) is 24.3 Å². The average molecular weight is 288 g/mol. The second-order valence-corrected chi connectivity index (χ2v) is 6.18. The topological polar surface area (TPSA) is 43.8 Å². The predicted octanol–water partition coefficient (Wildman–Crippen LogP) is 1.67. The van der Waals surface area contributed by atoms with Crippen LogP contribution in [0.25, 0.3) is 0 Å². The van der Waals surface area contributed by atoms with Gasteiger partial charge in [-0.25, -0.2) is 0 Å². The Hall–Kier alpha value is -1.39. The van der Waals surface area contributed by atoms with Crippen LogP contribution in [0.4, 0.5) is 5.69 Å². The number of hydrogen-bond donors (Lipinski definition) is 1. The molecule has 1 aromatic rings. The maximum Gasteiger partial charge on any atom is 0.241 e. The Bertz CT molecular complexity index is 501. The molecule has 0 aliphatic carbocycles. The molecule has 0 bridgehead atoms. The standard InChI is InChI=1S/C17H24N2O2/c20-11-8-14-4-3-9-18(12-14)13-17(21)19-10-7-15-5-1-2-6-16(15)19/h1-2,5-6,14,20H,3-4,7-13H2. The molecular weight excluding hydrogens is 264 g/mol. The highest BCUT2D eigenvalue weighted by Gasteiger charge is 2.27. The first-order valence-electron chi connectivity index (χ1n) is 7.99. The number of fused-ring (bicyclic) bond motifs is 1.